The molecule has 1 aliphatic rings. The van der Waals surface area contributed by atoms with Crippen LogP contribution in [-0.4, -0.2) is 36.1 Å². The van der Waals surface area contributed by atoms with E-state index >= 15 is 0 Å². The highest BCUT2D eigenvalue weighted by Crippen LogP contribution is 2.31. The van der Waals surface area contributed by atoms with E-state index in [4.69, 9.17) is 0 Å². The van der Waals surface area contributed by atoms with Crippen molar-refractivity contribution in [1.82, 2.24) is 15.3 Å². The van der Waals surface area contributed by atoms with Crippen LogP contribution in [-0.2, 0) is 0 Å². The average molecular weight is 340 g/mol. The first kappa shape index (κ1) is 15.9. The summed E-state index contributed by atoms with van der Waals surface area (Å²) in [7, 11) is 1.94. The Morgan fingerprint density at radius 3 is 2.72 bits per heavy atom. The number of hydrogen-bond donors (Lipinski definition) is 1. The third kappa shape index (κ3) is 2.93. The van der Waals surface area contributed by atoms with Crippen LogP contribution >= 0.6 is 0 Å². The number of nitrogens with zero attached hydrogens (tertiary/aromatic N) is 3. The third-order valence-electron chi connectivity index (χ3n) is 4.66. The van der Waals surface area contributed by atoms with Crippen molar-refractivity contribution in [1.29, 1.82) is 0 Å². The molecule has 25 heavy (non-hydrogen) atoms. The zero-order valence-electron chi connectivity index (χ0n) is 13.8. The molecule has 2 heterocycles. The Bertz CT molecular complexity index is 928. The van der Waals surface area contributed by atoms with Gasteiger partial charge in [-0.05, 0) is 31.7 Å². The van der Waals surface area contributed by atoms with Gasteiger partial charge < -0.3 is 10.2 Å². The Hall–Kier alpha value is -2.60. The van der Waals surface area contributed by atoms with E-state index < -0.39 is 11.6 Å². The van der Waals surface area contributed by atoms with E-state index in [9.17, 15) is 8.78 Å². The van der Waals surface area contributed by atoms with Crippen LogP contribution in [0, 0.1) is 11.6 Å². The second-order valence-corrected chi connectivity index (χ2v) is 6.23. The molecule has 1 aliphatic heterocycles. The molecular formula is C19H18F2N4. The first-order valence-electron chi connectivity index (χ1n) is 8.30. The van der Waals surface area contributed by atoms with Crippen LogP contribution in [0.2, 0.25) is 0 Å². The SMILES string of the molecule is CNC1CCN(c2nc(-c3ccc(F)cc3F)c3ccccc3n2)C1. The van der Waals surface area contributed by atoms with E-state index in [1.807, 2.05) is 31.3 Å². The smallest absolute Gasteiger partial charge is 0.226 e. The highest BCUT2D eigenvalue weighted by Gasteiger charge is 2.24. The van der Waals surface area contributed by atoms with Crippen LogP contribution in [0.1, 0.15) is 6.42 Å². The van der Waals surface area contributed by atoms with Gasteiger partial charge in [-0.1, -0.05) is 18.2 Å². The lowest BCUT2D eigenvalue weighted by atomic mass is 10.1. The lowest BCUT2D eigenvalue weighted by Gasteiger charge is -2.18. The minimum absolute atomic E-state index is 0.283. The van der Waals surface area contributed by atoms with Crippen molar-refractivity contribution in [2.45, 2.75) is 12.5 Å². The predicted molar refractivity (Wildman–Crippen MR) is 94.6 cm³/mol. The number of likely N-dealkylation sites (N-methyl/N-ethyl adjacent to an activating group) is 1. The van der Waals surface area contributed by atoms with Crippen molar-refractivity contribution in [3.63, 3.8) is 0 Å². The number of anilines is 1. The molecule has 0 aliphatic carbocycles. The maximum absolute atomic E-state index is 14.4. The monoisotopic (exact) mass is 340 g/mol. The second kappa shape index (κ2) is 6.37. The van der Waals surface area contributed by atoms with E-state index in [1.165, 1.54) is 12.1 Å². The maximum Gasteiger partial charge on any atom is 0.226 e. The maximum atomic E-state index is 14.4. The Balaban J connectivity index is 1.87. The Kier molecular flexibility index (Phi) is 4.05. The highest BCUT2D eigenvalue weighted by molar-refractivity contribution is 5.93. The molecule has 4 rings (SSSR count). The molecule has 0 saturated carbocycles. The molecule has 4 nitrogen and oxygen atoms in total. The summed E-state index contributed by atoms with van der Waals surface area (Å²) in [5.41, 5.74) is 1.52. The molecule has 0 amide bonds. The number of benzene rings is 2. The zero-order valence-corrected chi connectivity index (χ0v) is 13.8. The molecule has 1 unspecified atom stereocenters. The Morgan fingerprint density at radius 2 is 1.96 bits per heavy atom. The minimum atomic E-state index is -0.621. The van der Waals surface area contributed by atoms with Crippen LogP contribution in [0.3, 0.4) is 0 Å². The van der Waals surface area contributed by atoms with Crippen LogP contribution in [0.4, 0.5) is 14.7 Å². The number of rotatable bonds is 3. The van der Waals surface area contributed by atoms with Crippen molar-refractivity contribution in [3.05, 3.63) is 54.1 Å². The van der Waals surface area contributed by atoms with Gasteiger partial charge in [0.1, 0.15) is 11.6 Å². The van der Waals surface area contributed by atoms with Crippen LogP contribution < -0.4 is 10.2 Å². The lowest BCUT2D eigenvalue weighted by molar-refractivity contribution is 0.585. The molecule has 0 radical (unpaired) electrons. The molecule has 1 fully saturated rings. The van der Waals surface area contributed by atoms with Gasteiger partial charge in [-0.2, -0.15) is 0 Å². The average Bonchev–Trinajstić information content (AvgIpc) is 3.10. The van der Waals surface area contributed by atoms with Crippen molar-refractivity contribution in [2.24, 2.45) is 0 Å². The van der Waals surface area contributed by atoms with Crippen LogP contribution in [0.15, 0.2) is 42.5 Å². The van der Waals surface area contributed by atoms with Gasteiger partial charge in [0.05, 0.1) is 11.2 Å². The quantitative estimate of drug-likeness (QED) is 0.794. The Labute approximate surface area is 144 Å². The summed E-state index contributed by atoms with van der Waals surface area (Å²) in [6, 6.07) is 11.5. The van der Waals surface area contributed by atoms with Gasteiger partial charge in [-0.15, -0.1) is 0 Å². The van der Waals surface area contributed by atoms with E-state index in [0.29, 0.717) is 17.7 Å². The van der Waals surface area contributed by atoms with Gasteiger partial charge in [-0.3, -0.25) is 0 Å². The first-order valence-corrected chi connectivity index (χ1v) is 8.30. The fourth-order valence-corrected chi connectivity index (χ4v) is 3.27. The lowest BCUT2D eigenvalue weighted by Crippen LogP contribution is -2.30. The van der Waals surface area contributed by atoms with E-state index in [-0.39, 0.29) is 5.56 Å². The minimum Gasteiger partial charge on any atom is -0.339 e. The molecule has 6 heteroatoms. The normalized spacial score (nSPS) is 17.4. The molecule has 1 aromatic heterocycles. The molecule has 128 valence electrons. The number of fused-ring (bicyclic) bond motifs is 1. The van der Waals surface area contributed by atoms with Crippen molar-refractivity contribution >= 4 is 16.9 Å². The van der Waals surface area contributed by atoms with E-state index in [0.717, 1.165) is 36.5 Å². The van der Waals surface area contributed by atoms with Gasteiger partial charge in [0.2, 0.25) is 5.95 Å². The first-order chi connectivity index (χ1) is 12.2. The zero-order chi connectivity index (χ0) is 17.4. The number of nitrogens with one attached hydrogen (secondary N) is 1. The number of aromatic nitrogens is 2. The fraction of sp³-hybridized carbons (Fsp3) is 0.263. The summed E-state index contributed by atoms with van der Waals surface area (Å²) in [6.45, 7) is 1.65. The van der Waals surface area contributed by atoms with Crippen LogP contribution in [0.5, 0.6) is 0 Å². The third-order valence-corrected chi connectivity index (χ3v) is 4.66. The molecule has 2 aromatic carbocycles. The fourth-order valence-electron chi connectivity index (χ4n) is 3.27. The topological polar surface area (TPSA) is 41.0 Å². The summed E-state index contributed by atoms with van der Waals surface area (Å²) >= 11 is 0. The number of hydrogen-bond acceptors (Lipinski definition) is 4. The van der Waals surface area contributed by atoms with E-state index in [1.54, 1.807) is 0 Å². The number of halogens is 2. The molecule has 0 spiro atoms. The predicted octanol–water partition coefficient (Wildman–Crippen LogP) is 3.37. The summed E-state index contributed by atoms with van der Waals surface area (Å²) < 4.78 is 27.7. The standard InChI is InChI=1S/C19H18F2N4/c1-22-13-8-9-25(11-13)19-23-17-5-3-2-4-15(17)18(24-19)14-7-6-12(20)10-16(14)21/h2-7,10,13,22H,8-9,11H2,1H3. The molecule has 3 aromatic rings. The molecular weight excluding hydrogens is 322 g/mol. The van der Waals surface area contributed by atoms with Gasteiger partial charge in [0, 0.05) is 36.1 Å². The largest absolute Gasteiger partial charge is 0.339 e. The second-order valence-electron chi connectivity index (χ2n) is 6.23. The van der Waals surface area contributed by atoms with Crippen molar-refractivity contribution in [2.75, 3.05) is 25.0 Å². The molecule has 1 atom stereocenters. The van der Waals surface area contributed by atoms with Crippen LogP contribution in [0.25, 0.3) is 22.2 Å². The van der Waals surface area contributed by atoms with Gasteiger partial charge in [0.25, 0.3) is 0 Å². The molecule has 1 saturated heterocycles. The van der Waals surface area contributed by atoms with Crippen molar-refractivity contribution < 1.29 is 8.78 Å². The summed E-state index contributed by atoms with van der Waals surface area (Å²) in [5, 5.41) is 4.01. The van der Waals surface area contributed by atoms with Gasteiger partial charge in [-0.25, -0.2) is 18.7 Å². The summed E-state index contributed by atoms with van der Waals surface area (Å²) in [4.78, 5) is 11.4. The summed E-state index contributed by atoms with van der Waals surface area (Å²) in [6.07, 6.45) is 1.01. The molecule has 1 N–H and O–H groups in total. The van der Waals surface area contributed by atoms with Gasteiger partial charge in [0.15, 0.2) is 0 Å². The van der Waals surface area contributed by atoms with Gasteiger partial charge >= 0.3 is 0 Å². The van der Waals surface area contributed by atoms with E-state index in [2.05, 4.69) is 20.2 Å². The molecule has 0 bridgehead atoms. The number of para-hydroxylation sites is 1. The summed E-state index contributed by atoms with van der Waals surface area (Å²) in [5.74, 6) is -0.643. The van der Waals surface area contributed by atoms with Crippen molar-refractivity contribution in [3.8, 4) is 11.3 Å². The highest BCUT2D eigenvalue weighted by atomic mass is 19.1. The Morgan fingerprint density at radius 1 is 1.12 bits per heavy atom.